The third-order valence-corrected chi connectivity index (χ3v) is 6.52. The van der Waals surface area contributed by atoms with Crippen molar-refractivity contribution in [1.29, 1.82) is 0 Å². The summed E-state index contributed by atoms with van der Waals surface area (Å²) in [6.45, 7) is 8.00. The number of nitrogens with zero attached hydrogens (tertiary/aromatic N) is 2. The summed E-state index contributed by atoms with van der Waals surface area (Å²) in [6, 6.07) is 21.4. The quantitative estimate of drug-likeness (QED) is 0.271. The molecule has 4 rings (SSSR count). The minimum atomic E-state index is -1.57. The number of para-hydroxylation sites is 3. The van der Waals surface area contributed by atoms with Crippen LogP contribution in [0.2, 0.25) is 0 Å². The van der Waals surface area contributed by atoms with Gasteiger partial charge in [-0.1, -0.05) is 13.8 Å². The number of hydrogen-bond acceptors (Lipinski definition) is 7. The van der Waals surface area contributed by atoms with Crippen LogP contribution in [-0.2, 0) is 9.47 Å². The molecule has 0 bridgehead atoms. The Morgan fingerprint density at radius 2 is 1.53 bits per heavy atom. The third kappa shape index (κ3) is 7.99. The van der Waals surface area contributed by atoms with Gasteiger partial charge in [0.2, 0.25) is 0 Å². The van der Waals surface area contributed by atoms with Gasteiger partial charge >= 0.3 is 208 Å². The molecule has 1 aliphatic rings. The summed E-state index contributed by atoms with van der Waals surface area (Å²) in [5.41, 5.74) is 4.20. The van der Waals surface area contributed by atoms with E-state index < -0.39 is 18.1 Å². The molecule has 1 heterocycles. The Morgan fingerprint density at radius 1 is 0.806 bits per heavy atom. The van der Waals surface area contributed by atoms with Crippen molar-refractivity contribution >= 4 is 41.4 Å². The normalized spacial score (nSPS) is 12.2. The molecule has 1 aliphatic heterocycles. The van der Waals surface area contributed by atoms with Crippen molar-refractivity contribution in [2.24, 2.45) is 9.98 Å². The van der Waals surface area contributed by atoms with Gasteiger partial charge in [-0.05, 0) is 0 Å². The van der Waals surface area contributed by atoms with Gasteiger partial charge in [-0.15, -0.1) is 0 Å². The van der Waals surface area contributed by atoms with Gasteiger partial charge in [0, 0.05) is 0 Å². The zero-order valence-corrected chi connectivity index (χ0v) is 23.7. The molecule has 3 aromatic rings. The molecule has 0 atom stereocenters. The maximum atomic E-state index is 6.16. The molecular weight excluding hydrogens is 514 g/mol. The predicted octanol–water partition coefficient (Wildman–Crippen LogP) is 5.95. The summed E-state index contributed by atoms with van der Waals surface area (Å²) in [7, 11) is 1.65. The third-order valence-electron chi connectivity index (χ3n) is 5.05. The Bertz CT molecular complexity index is 1170. The van der Waals surface area contributed by atoms with Crippen LogP contribution in [0, 0.1) is 0 Å². The molecule has 0 aromatic heterocycles. The molecule has 187 valence electrons. The molecule has 36 heavy (non-hydrogen) atoms. The van der Waals surface area contributed by atoms with E-state index in [-0.39, 0.29) is 0 Å². The van der Waals surface area contributed by atoms with Gasteiger partial charge in [0.1, 0.15) is 0 Å². The minimum absolute atomic E-state index is 0.434. The van der Waals surface area contributed by atoms with Crippen molar-refractivity contribution < 1.29 is 21.3 Å². The van der Waals surface area contributed by atoms with Gasteiger partial charge in [-0.2, -0.15) is 0 Å². The van der Waals surface area contributed by atoms with Crippen LogP contribution in [-0.4, -0.2) is 63.6 Å². The fraction of sp³-hybridized carbons (Fsp3) is 0.286. The molecule has 1 radical (unpaired) electrons. The summed E-state index contributed by atoms with van der Waals surface area (Å²) < 4.78 is 28.6. The number of benzene rings is 3. The first kappa shape index (κ1) is 27.5. The fourth-order valence-electron chi connectivity index (χ4n) is 3.32. The number of aliphatic imine (C=N–C) groups is 2. The van der Waals surface area contributed by atoms with Crippen LogP contribution in [0.4, 0.5) is 11.4 Å². The van der Waals surface area contributed by atoms with Crippen LogP contribution in [0.25, 0.3) is 0 Å². The Balaban J connectivity index is 0.00000176. The van der Waals surface area contributed by atoms with Crippen molar-refractivity contribution in [3.05, 3.63) is 77.9 Å². The van der Waals surface area contributed by atoms with Crippen LogP contribution < -0.4 is 11.8 Å². The van der Waals surface area contributed by atoms with Crippen LogP contribution in [0.15, 0.2) is 76.7 Å². The van der Waals surface area contributed by atoms with Crippen molar-refractivity contribution in [3.63, 3.8) is 0 Å². The number of hydrogen-bond donors (Lipinski definition) is 0. The fourth-order valence-corrected chi connectivity index (χ4v) is 4.72. The molecule has 0 amide bonds. The van der Waals surface area contributed by atoms with E-state index in [9.17, 15) is 0 Å². The number of ether oxygens (including phenoxy) is 3. The van der Waals surface area contributed by atoms with E-state index in [0.29, 0.717) is 37.9 Å². The van der Waals surface area contributed by atoms with E-state index in [2.05, 4.69) is 0 Å². The Morgan fingerprint density at radius 3 is 2.36 bits per heavy atom. The average Bonchev–Trinajstić information content (AvgIpc) is 2.92. The van der Waals surface area contributed by atoms with Gasteiger partial charge in [-0.25, -0.2) is 0 Å². The van der Waals surface area contributed by atoms with Crippen molar-refractivity contribution in [3.8, 4) is 17.2 Å². The maximum absolute atomic E-state index is 6.16. The Labute approximate surface area is 221 Å². The van der Waals surface area contributed by atoms with Crippen molar-refractivity contribution in [1.82, 2.24) is 0 Å². The summed E-state index contributed by atoms with van der Waals surface area (Å²) in [6.07, 6.45) is 1.79. The van der Waals surface area contributed by atoms with Gasteiger partial charge in [0.25, 0.3) is 0 Å². The van der Waals surface area contributed by atoms with E-state index in [1.807, 2.05) is 87.5 Å². The first-order valence-electron chi connectivity index (χ1n) is 12.0. The molecule has 0 unspecified atom stereocenters. The molecule has 8 heteroatoms. The van der Waals surface area contributed by atoms with E-state index >= 15 is 0 Å². The molecule has 0 N–H and O–H groups in total. The van der Waals surface area contributed by atoms with Crippen LogP contribution in [0.3, 0.4) is 0 Å². The molecule has 0 fully saturated rings. The number of fused-ring (bicyclic) bond motifs is 3. The second kappa shape index (κ2) is 15.2. The molecule has 0 aliphatic carbocycles. The first-order chi connectivity index (χ1) is 17.7. The second-order valence-electron chi connectivity index (χ2n) is 7.43. The summed E-state index contributed by atoms with van der Waals surface area (Å²) >= 11 is -1.57. The Kier molecular flexibility index (Phi) is 11.6. The number of methoxy groups -OCH3 is 1. The average molecular weight is 546 g/mol. The van der Waals surface area contributed by atoms with E-state index in [0.717, 1.165) is 34.0 Å². The number of rotatable bonds is 7. The summed E-state index contributed by atoms with van der Waals surface area (Å²) in [5.74, 6) is 2.14. The van der Waals surface area contributed by atoms with Crippen LogP contribution in [0.5, 0.6) is 17.2 Å². The zero-order chi connectivity index (χ0) is 25.6. The van der Waals surface area contributed by atoms with E-state index in [4.69, 9.17) is 31.3 Å². The SMILES string of the molecule is CC.COCCOCCOc1ccc2c(c1)[O][Ga][O]c1ccccc1C(C)=Nc1ccccc1N=C2. The molecule has 0 saturated carbocycles. The van der Waals surface area contributed by atoms with Gasteiger partial charge in [-0.3, -0.25) is 0 Å². The topological polar surface area (TPSA) is 70.9 Å². The first-order valence-corrected chi connectivity index (χ1v) is 14.0. The van der Waals surface area contributed by atoms with Gasteiger partial charge in [0.15, 0.2) is 0 Å². The van der Waals surface area contributed by atoms with E-state index in [1.165, 1.54) is 0 Å². The molecule has 7 nitrogen and oxygen atoms in total. The Hall–Kier alpha value is -3.04. The van der Waals surface area contributed by atoms with E-state index in [1.54, 1.807) is 13.3 Å². The molecule has 0 saturated heterocycles. The van der Waals surface area contributed by atoms with Gasteiger partial charge in [0.05, 0.1) is 0 Å². The summed E-state index contributed by atoms with van der Waals surface area (Å²) in [5, 5.41) is 0. The standard InChI is InChI=1S/C26H28N2O5.C2H6.Ga/c1-19(22-7-3-6-10-25(22)29)28-24-9-5-4-8-23(24)27-18-20-11-12-21(17-26(20)30)33-16-15-32-14-13-31-2;1-2;/h3-12,17-18,29-30H,13-16H2,1-2H3;1-2H3;/q;;+2/p-2. The van der Waals surface area contributed by atoms with Crippen LogP contribution >= 0.6 is 0 Å². The predicted molar refractivity (Wildman–Crippen MR) is 145 cm³/mol. The second-order valence-corrected chi connectivity index (χ2v) is 8.82. The van der Waals surface area contributed by atoms with Crippen molar-refractivity contribution in [2.75, 3.05) is 33.5 Å². The van der Waals surface area contributed by atoms with Crippen LogP contribution in [0.1, 0.15) is 31.9 Å². The molecule has 3 aromatic carbocycles. The zero-order valence-electron chi connectivity index (χ0n) is 21.3. The summed E-state index contributed by atoms with van der Waals surface area (Å²) in [4.78, 5) is 9.54. The monoisotopic (exact) mass is 545 g/mol. The van der Waals surface area contributed by atoms with Gasteiger partial charge < -0.3 is 0 Å². The molecule has 0 spiro atoms. The van der Waals surface area contributed by atoms with Crippen molar-refractivity contribution in [2.45, 2.75) is 20.8 Å². The molecular formula is C28H32GaN2O5.